The number of carbonyl (C=O) groups excluding carboxylic acids is 1. The van der Waals surface area contributed by atoms with Gasteiger partial charge in [0.1, 0.15) is 0 Å². The highest BCUT2D eigenvalue weighted by atomic mass is 16.3. The number of fused-ring (bicyclic) bond motifs is 5. The first-order valence-corrected chi connectivity index (χ1v) is 10.2. The van der Waals surface area contributed by atoms with Gasteiger partial charge in [-0.2, -0.15) is 0 Å². The average molecular weight is 331 g/mol. The van der Waals surface area contributed by atoms with Crippen LogP contribution in [-0.2, 0) is 4.79 Å². The highest BCUT2D eigenvalue weighted by Crippen LogP contribution is 2.67. The minimum absolute atomic E-state index is 0.291. The second-order valence-corrected chi connectivity index (χ2v) is 9.86. The first-order valence-electron chi connectivity index (χ1n) is 10.2. The molecule has 4 aliphatic rings. The van der Waals surface area contributed by atoms with E-state index in [0.717, 1.165) is 37.0 Å². The Labute approximate surface area is 147 Å². The standard InChI is InChI=1S/C22H34O2/c1-14(13-23)18-6-7-19-17-5-4-15-12-16(24)8-10-21(15,2)20(17)9-11-22(18,19)3/h12,14,17-20,23H,4-11,13H2,1-3H3/t14-,17+,18?,19+,20+,21+,22-/m1/s1. The second kappa shape index (κ2) is 5.69. The maximum absolute atomic E-state index is 11.9. The third kappa shape index (κ3) is 2.21. The van der Waals surface area contributed by atoms with Crippen molar-refractivity contribution in [1.82, 2.24) is 0 Å². The van der Waals surface area contributed by atoms with Crippen LogP contribution in [0.25, 0.3) is 0 Å². The number of allylic oxidation sites excluding steroid dienone is 1. The van der Waals surface area contributed by atoms with Gasteiger partial charge in [0, 0.05) is 13.0 Å². The first kappa shape index (κ1) is 16.8. The summed E-state index contributed by atoms with van der Waals surface area (Å²) < 4.78 is 0. The van der Waals surface area contributed by atoms with E-state index in [1.165, 1.54) is 37.7 Å². The van der Waals surface area contributed by atoms with Crippen LogP contribution in [0.2, 0.25) is 0 Å². The van der Waals surface area contributed by atoms with Crippen LogP contribution in [0, 0.1) is 40.4 Å². The Kier molecular flexibility index (Phi) is 3.99. The third-order valence-electron chi connectivity index (χ3n) is 9.01. The normalized spacial score (nSPS) is 49.0. The van der Waals surface area contributed by atoms with E-state index in [0.29, 0.717) is 35.1 Å². The number of hydrogen-bond acceptors (Lipinski definition) is 2. The van der Waals surface area contributed by atoms with Crippen LogP contribution >= 0.6 is 0 Å². The number of rotatable bonds is 2. The van der Waals surface area contributed by atoms with E-state index >= 15 is 0 Å². The molecule has 0 saturated heterocycles. The molecule has 2 heteroatoms. The van der Waals surface area contributed by atoms with Gasteiger partial charge in [-0.05, 0) is 91.4 Å². The molecule has 0 aromatic heterocycles. The summed E-state index contributed by atoms with van der Waals surface area (Å²) in [6, 6.07) is 0. The van der Waals surface area contributed by atoms with Crippen molar-refractivity contribution < 1.29 is 9.90 Å². The molecule has 0 aromatic carbocycles. The summed E-state index contributed by atoms with van der Waals surface area (Å²) in [6.07, 6.45) is 11.6. The fourth-order valence-corrected chi connectivity index (χ4v) is 7.66. The van der Waals surface area contributed by atoms with Crippen LogP contribution in [0.4, 0.5) is 0 Å². The summed E-state index contributed by atoms with van der Waals surface area (Å²) in [6.45, 7) is 7.59. The van der Waals surface area contributed by atoms with Gasteiger partial charge in [-0.3, -0.25) is 4.79 Å². The molecule has 1 unspecified atom stereocenters. The summed E-state index contributed by atoms with van der Waals surface area (Å²) in [5.41, 5.74) is 2.20. The molecule has 3 fully saturated rings. The van der Waals surface area contributed by atoms with E-state index in [4.69, 9.17) is 0 Å². The summed E-state index contributed by atoms with van der Waals surface area (Å²) in [4.78, 5) is 11.9. The summed E-state index contributed by atoms with van der Waals surface area (Å²) in [5.74, 6) is 3.97. The topological polar surface area (TPSA) is 37.3 Å². The van der Waals surface area contributed by atoms with Gasteiger partial charge >= 0.3 is 0 Å². The third-order valence-corrected chi connectivity index (χ3v) is 9.01. The minimum atomic E-state index is 0.291. The molecule has 3 saturated carbocycles. The fourth-order valence-electron chi connectivity index (χ4n) is 7.66. The number of aliphatic hydroxyl groups is 1. The molecule has 24 heavy (non-hydrogen) atoms. The van der Waals surface area contributed by atoms with Gasteiger partial charge in [-0.1, -0.05) is 26.3 Å². The van der Waals surface area contributed by atoms with Gasteiger partial charge in [-0.15, -0.1) is 0 Å². The van der Waals surface area contributed by atoms with Crippen LogP contribution in [0.1, 0.15) is 72.1 Å². The van der Waals surface area contributed by atoms with E-state index in [1.807, 2.05) is 6.08 Å². The van der Waals surface area contributed by atoms with Gasteiger partial charge in [0.15, 0.2) is 5.78 Å². The van der Waals surface area contributed by atoms with Crippen molar-refractivity contribution in [3.05, 3.63) is 11.6 Å². The number of ketones is 1. The van der Waals surface area contributed by atoms with Gasteiger partial charge < -0.3 is 5.11 Å². The molecular weight excluding hydrogens is 296 g/mol. The van der Waals surface area contributed by atoms with Crippen molar-refractivity contribution >= 4 is 5.78 Å². The van der Waals surface area contributed by atoms with E-state index in [1.54, 1.807) is 0 Å². The zero-order chi connectivity index (χ0) is 17.1. The van der Waals surface area contributed by atoms with Crippen molar-refractivity contribution in [2.45, 2.75) is 72.1 Å². The predicted octanol–water partition coefficient (Wildman–Crippen LogP) is 4.76. The van der Waals surface area contributed by atoms with Crippen LogP contribution in [-0.4, -0.2) is 17.5 Å². The molecule has 0 spiro atoms. The highest BCUT2D eigenvalue weighted by molar-refractivity contribution is 5.91. The molecule has 0 aliphatic heterocycles. The van der Waals surface area contributed by atoms with Crippen LogP contribution in [0.5, 0.6) is 0 Å². The van der Waals surface area contributed by atoms with Gasteiger partial charge in [-0.25, -0.2) is 0 Å². The van der Waals surface area contributed by atoms with Crippen LogP contribution in [0.15, 0.2) is 11.6 Å². The molecule has 0 amide bonds. The maximum atomic E-state index is 11.9. The summed E-state index contributed by atoms with van der Waals surface area (Å²) in [7, 11) is 0. The highest BCUT2D eigenvalue weighted by Gasteiger charge is 2.59. The molecule has 0 aromatic rings. The van der Waals surface area contributed by atoms with Crippen molar-refractivity contribution in [3.8, 4) is 0 Å². The minimum Gasteiger partial charge on any atom is -0.396 e. The maximum Gasteiger partial charge on any atom is 0.155 e. The lowest BCUT2D eigenvalue weighted by molar-refractivity contribution is -0.117. The molecule has 2 nitrogen and oxygen atoms in total. The van der Waals surface area contributed by atoms with Crippen LogP contribution in [0.3, 0.4) is 0 Å². The smallest absolute Gasteiger partial charge is 0.155 e. The molecule has 4 rings (SSSR count). The summed E-state index contributed by atoms with van der Waals surface area (Å²) >= 11 is 0. The molecule has 134 valence electrons. The van der Waals surface area contributed by atoms with Crippen molar-refractivity contribution in [3.63, 3.8) is 0 Å². The van der Waals surface area contributed by atoms with E-state index in [2.05, 4.69) is 20.8 Å². The van der Waals surface area contributed by atoms with Gasteiger partial charge in [0.2, 0.25) is 0 Å². The molecule has 0 radical (unpaired) electrons. The SMILES string of the molecule is C[C@H](CO)C1CC[C@H]2[C@@H]3CCC4=CC(=O)CC[C@]4(C)[C@H]3CC[C@]12C. The lowest BCUT2D eigenvalue weighted by Crippen LogP contribution is -2.51. The molecule has 0 heterocycles. The Morgan fingerprint density at radius 2 is 1.92 bits per heavy atom. The quantitative estimate of drug-likeness (QED) is 0.792. The average Bonchev–Trinajstić information content (AvgIpc) is 2.92. The van der Waals surface area contributed by atoms with Crippen molar-refractivity contribution in [2.75, 3.05) is 6.61 Å². The number of carbonyl (C=O) groups is 1. The van der Waals surface area contributed by atoms with Gasteiger partial charge in [0.25, 0.3) is 0 Å². The Morgan fingerprint density at radius 1 is 1.12 bits per heavy atom. The van der Waals surface area contributed by atoms with E-state index < -0.39 is 0 Å². The molecule has 7 atom stereocenters. The lowest BCUT2D eigenvalue weighted by Gasteiger charge is -2.58. The Hall–Kier alpha value is -0.630. The molecule has 4 aliphatic carbocycles. The van der Waals surface area contributed by atoms with E-state index in [-0.39, 0.29) is 0 Å². The number of aliphatic hydroxyl groups excluding tert-OH is 1. The zero-order valence-electron chi connectivity index (χ0n) is 15.7. The van der Waals surface area contributed by atoms with Crippen molar-refractivity contribution in [2.24, 2.45) is 40.4 Å². The Morgan fingerprint density at radius 3 is 2.67 bits per heavy atom. The zero-order valence-corrected chi connectivity index (χ0v) is 15.7. The predicted molar refractivity (Wildman–Crippen MR) is 96.4 cm³/mol. The Balaban J connectivity index is 1.63. The number of hydrogen-bond donors (Lipinski definition) is 1. The molecule has 1 N–H and O–H groups in total. The Bertz CT molecular complexity index is 564. The molecule has 0 bridgehead atoms. The molecular formula is C22H34O2. The van der Waals surface area contributed by atoms with Crippen LogP contribution < -0.4 is 0 Å². The van der Waals surface area contributed by atoms with Gasteiger partial charge in [0.05, 0.1) is 0 Å². The van der Waals surface area contributed by atoms with Crippen molar-refractivity contribution in [1.29, 1.82) is 0 Å². The summed E-state index contributed by atoms with van der Waals surface area (Å²) in [5, 5.41) is 9.71. The fraction of sp³-hybridized carbons (Fsp3) is 0.864. The first-order chi connectivity index (χ1) is 11.4. The van der Waals surface area contributed by atoms with E-state index in [9.17, 15) is 9.90 Å². The second-order valence-electron chi connectivity index (χ2n) is 9.86. The largest absolute Gasteiger partial charge is 0.396 e. The monoisotopic (exact) mass is 330 g/mol. The lowest BCUT2D eigenvalue weighted by atomic mass is 9.46.